The van der Waals surface area contributed by atoms with E-state index in [0.29, 0.717) is 0 Å². The van der Waals surface area contributed by atoms with E-state index in [2.05, 4.69) is 38.4 Å². The predicted octanol–water partition coefficient (Wildman–Crippen LogP) is 3.78. The largest absolute Gasteiger partial charge is 0.468 e. The van der Waals surface area contributed by atoms with Gasteiger partial charge in [0.05, 0.1) is 20.9 Å². The summed E-state index contributed by atoms with van der Waals surface area (Å²) in [6.07, 6.45) is 4.78. The molecule has 1 rings (SSSR count). The van der Waals surface area contributed by atoms with Gasteiger partial charge >= 0.3 is 5.97 Å². The minimum absolute atomic E-state index is 0.163. The molecule has 0 spiro atoms. The number of carbonyl (C=O) groups is 1. The van der Waals surface area contributed by atoms with Crippen molar-refractivity contribution in [2.45, 2.75) is 77.4 Å². The summed E-state index contributed by atoms with van der Waals surface area (Å²) in [5.41, 5.74) is -0.464. The Morgan fingerprint density at radius 2 is 2.05 bits per heavy atom. The second-order valence-corrected chi connectivity index (χ2v) is 12.6. The van der Waals surface area contributed by atoms with Crippen molar-refractivity contribution in [3.8, 4) is 11.8 Å². The van der Waals surface area contributed by atoms with Crippen LogP contribution in [0.3, 0.4) is 0 Å². The van der Waals surface area contributed by atoms with E-state index in [1.54, 1.807) is 0 Å². The number of hydrogen-bond acceptors (Lipinski definition) is 3. The molecule has 0 aromatic rings. The van der Waals surface area contributed by atoms with Crippen molar-refractivity contribution >= 4 is 14.0 Å². The summed E-state index contributed by atoms with van der Waals surface area (Å²) in [7, 11) is -0.0258. The minimum Gasteiger partial charge on any atom is -0.468 e. The summed E-state index contributed by atoms with van der Waals surface area (Å²) >= 11 is 0. The summed E-state index contributed by atoms with van der Waals surface area (Å²) in [6, 6.07) is 0. The van der Waals surface area contributed by atoms with E-state index in [-0.39, 0.29) is 17.8 Å². The van der Waals surface area contributed by atoms with Crippen molar-refractivity contribution in [3.05, 3.63) is 0 Å². The molecule has 1 heterocycles. The number of rotatable bonds is 5. The normalized spacial score (nSPS) is 28.9. The van der Waals surface area contributed by atoms with Crippen LogP contribution in [0.1, 0.15) is 46.0 Å². The van der Waals surface area contributed by atoms with Crippen LogP contribution in [0, 0.1) is 17.3 Å². The average molecular weight is 311 g/mol. The topological polar surface area (TPSA) is 35.5 Å². The van der Waals surface area contributed by atoms with Gasteiger partial charge in [-0.05, 0) is 19.8 Å². The molecule has 0 amide bonds. The first kappa shape index (κ1) is 18.3. The molecular formula is C17H30O3Si. The molecule has 0 aromatic carbocycles. The van der Waals surface area contributed by atoms with E-state index in [0.717, 1.165) is 19.3 Å². The number of ether oxygens (including phenoxy) is 2. The minimum atomic E-state index is -1.47. The molecule has 0 unspecified atom stereocenters. The third-order valence-corrected chi connectivity index (χ3v) is 6.52. The number of unbranched alkanes of at least 4 members (excludes halogenated alkanes) is 3. The smallest absolute Gasteiger partial charge is 0.315 e. The monoisotopic (exact) mass is 310 g/mol. The number of esters is 1. The molecule has 0 radical (unpaired) electrons. The summed E-state index contributed by atoms with van der Waals surface area (Å²) in [4.78, 5) is 12.2. The van der Waals surface area contributed by atoms with E-state index < -0.39 is 13.5 Å². The van der Waals surface area contributed by atoms with Crippen molar-refractivity contribution in [1.29, 1.82) is 0 Å². The number of methoxy groups -OCH3 is 1. The van der Waals surface area contributed by atoms with Crippen LogP contribution >= 0.6 is 0 Å². The summed E-state index contributed by atoms with van der Waals surface area (Å²) in [5, 5.41) is 0. The molecule has 0 saturated carbocycles. The van der Waals surface area contributed by atoms with Crippen molar-refractivity contribution < 1.29 is 14.3 Å². The highest BCUT2D eigenvalue weighted by molar-refractivity contribution is 6.77. The third kappa shape index (κ3) is 4.59. The quantitative estimate of drug-likeness (QED) is 0.335. The van der Waals surface area contributed by atoms with Gasteiger partial charge in [0.1, 0.15) is 11.5 Å². The van der Waals surface area contributed by atoms with Gasteiger partial charge in [-0.15, -0.1) is 5.92 Å². The average Bonchev–Trinajstić information content (AvgIpc) is 2.76. The molecule has 1 aliphatic rings. The van der Waals surface area contributed by atoms with Gasteiger partial charge in [0.15, 0.2) is 0 Å². The molecule has 0 N–H and O–H groups in total. The molecule has 0 aromatic heterocycles. The van der Waals surface area contributed by atoms with Gasteiger partial charge in [-0.1, -0.05) is 45.3 Å². The van der Waals surface area contributed by atoms with E-state index >= 15 is 0 Å². The van der Waals surface area contributed by atoms with Crippen LogP contribution in [0.25, 0.3) is 0 Å². The van der Waals surface area contributed by atoms with E-state index in [4.69, 9.17) is 9.47 Å². The van der Waals surface area contributed by atoms with Crippen molar-refractivity contribution in [2.75, 3.05) is 7.11 Å². The van der Waals surface area contributed by atoms with Crippen LogP contribution in [0.4, 0.5) is 0 Å². The fourth-order valence-corrected chi connectivity index (χ4v) is 4.19. The third-order valence-electron chi connectivity index (χ3n) is 4.24. The lowest BCUT2D eigenvalue weighted by atomic mass is 9.83. The highest BCUT2D eigenvalue weighted by atomic mass is 28.3. The predicted molar refractivity (Wildman–Crippen MR) is 88.7 cm³/mol. The Morgan fingerprint density at radius 3 is 2.57 bits per heavy atom. The van der Waals surface area contributed by atoms with Crippen LogP contribution in [0.5, 0.6) is 0 Å². The maximum absolute atomic E-state index is 12.2. The molecule has 1 saturated heterocycles. The van der Waals surface area contributed by atoms with Gasteiger partial charge < -0.3 is 9.47 Å². The Balaban J connectivity index is 2.84. The highest BCUT2D eigenvalue weighted by Gasteiger charge is 2.53. The first-order valence-corrected chi connectivity index (χ1v) is 11.6. The SMILES string of the molecule is CCCCCC#C[C@H]1O[C@@H]([Si](C)(C)C)C[C@]1(C)C(=O)OC. The van der Waals surface area contributed by atoms with Gasteiger partial charge in [-0.25, -0.2) is 0 Å². The van der Waals surface area contributed by atoms with Crippen LogP contribution in [-0.2, 0) is 14.3 Å². The van der Waals surface area contributed by atoms with Crippen molar-refractivity contribution in [2.24, 2.45) is 5.41 Å². The Hall–Kier alpha value is -0.793. The number of hydrogen-bond donors (Lipinski definition) is 0. The Bertz CT molecular complexity index is 416. The zero-order valence-corrected chi connectivity index (χ0v) is 15.4. The summed E-state index contributed by atoms with van der Waals surface area (Å²) < 4.78 is 11.2. The first-order valence-electron chi connectivity index (χ1n) is 7.98. The van der Waals surface area contributed by atoms with Crippen LogP contribution < -0.4 is 0 Å². The zero-order chi connectivity index (χ0) is 16.1. The van der Waals surface area contributed by atoms with Crippen LogP contribution in [-0.4, -0.2) is 33.0 Å². The van der Waals surface area contributed by atoms with E-state index in [9.17, 15) is 4.79 Å². The highest BCUT2D eigenvalue weighted by Crippen LogP contribution is 2.42. The first-order chi connectivity index (χ1) is 9.75. The fraction of sp³-hybridized carbons (Fsp3) is 0.824. The van der Waals surface area contributed by atoms with Crippen LogP contribution in [0.2, 0.25) is 19.6 Å². The molecule has 0 bridgehead atoms. The van der Waals surface area contributed by atoms with Gasteiger partial charge in [-0.2, -0.15) is 0 Å². The van der Waals surface area contributed by atoms with Crippen molar-refractivity contribution in [3.63, 3.8) is 0 Å². The molecule has 4 heteroatoms. The molecule has 0 aliphatic carbocycles. The Labute approximate surface area is 130 Å². The van der Waals surface area contributed by atoms with Gasteiger partial charge in [0.25, 0.3) is 0 Å². The molecule has 120 valence electrons. The molecule has 1 aliphatic heterocycles. The lowest BCUT2D eigenvalue weighted by molar-refractivity contribution is -0.153. The van der Waals surface area contributed by atoms with Gasteiger partial charge in [-0.3, -0.25) is 4.79 Å². The standard InChI is InChI=1S/C17H30O3Si/c1-7-8-9-10-11-12-14-17(2,16(18)19-3)13-15(20-14)21(4,5)6/h14-15H,7-10,13H2,1-6H3/t14-,15+,17+/m1/s1. The Morgan fingerprint density at radius 1 is 1.38 bits per heavy atom. The van der Waals surface area contributed by atoms with E-state index in [1.807, 2.05) is 6.92 Å². The zero-order valence-electron chi connectivity index (χ0n) is 14.4. The summed E-state index contributed by atoms with van der Waals surface area (Å²) in [5.74, 6) is 6.20. The molecule has 1 fully saturated rings. The lowest BCUT2D eigenvalue weighted by Gasteiger charge is -2.24. The van der Waals surface area contributed by atoms with Gasteiger partial charge in [0, 0.05) is 6.42 Å². The second-order valence-electron chi connectivity index (χ2n) is 7.26. The maximum Gasteiger partial charge on any atom is 0.315 e. The van der Waals surface area contributed by atoms with Crippen molar-refractivity contribution in [1.82, 2.24) is 0 Å². The Kier molecular flexibility index (Phi) is 6.49. The maximum atomic E-state index is 12.2. The fourth-order valence-electron chi connectivity index (χ4n) is 2.61. The number of carbonyl (C=O) groups excluding carboxylic acids is 1. The molecule has 3 atom stereocenters. The van der Waals surface area contributed by atoms with Gasteiger partial charge in [0.2, 0.25) is 0 Å². The van der Waals surface area contributed by atoms with E-state index in [1.165, 1.54) is 20.0 Å². The molecular weight excluding hydrogens is 280 g/mol. The second kappa shape index (κ2) is 7.46. The van der Waals surface area contributed by atoms with Crippen LogP contribution in [0.15, 0.2) is 0 Å². The lowest BCUT2D eigenvalue weighted by Crippen LogP contribution is -2.39. The molecule has 3 nitrogen and oxygen atoms in total. The summed E-state index contributed by atoms with van der Waals surface area (Å²) in [6.45, 7) is 10.9. The molecule has 21 heavy (non-hydrogen) atoms.